The van der Waals surface area contributed by atoms with Crippen molar-refractivity contribution in [3.63, 3.8) is 0 Å². The van der Waals surface area contributed by atoms with Gasteiger partial charge in [-0.2, -0.15) is 8.42 Å². The molecule has 0 heterocycles. The molecule has 0 aromatic heterocycles. The van der Waals surface area contributed by atoms with E-state index in [2.05, 4.69) is 0 Å². The van der Waals surface area contributed by atoms with Crippen molar-refractivity contribution in [1.82, 2.24) is 0 Å². The van der Waals surface area contributed by atoms with E-state index in [9.17, 15) is 17.2 Å². The maximum atomic E-state index is 14.8. The molecule has 0 bridgehead atoms. The minimum absolute atomic E-state index is 0.0325. The monoisotopic (exact) mass is 432 g/mol. The Morgan fingerprint density at radius 3 is 2.76 bits per heavy atom. The van der Waals surface area contributed by atoms with Gasteiger partial charge in [0.05, 0.1) is 0 Å². The molecule has 3 aliphatic rings. The summed E-state index contributed by atoms with van der Waals surface area (Å²) < 4.78 is 75.8. The Kier molecular flexibility index (Phi) is 5.38. The van der Waals surface area contributed by atoms with Gasteiger partial charge in [0.15, 0.2) is 18.4 Å². The quantitative estimate of drug-likeness (QED) is 0.563. The molecule has 1 aromatic rings. The zero-order valence-electron chi connectivity index (χ0n) is 16.4. The second-order valence-corrected chi connectivity index (χ2v) is 9.74. The van der Waals surface area contributed by atoms with E-state index in [0.717, 1.165) is 17.5 Å². The minimum atomic E-state index is -4.74. The van der Waals surface area contributed by atoms with Gasteiger partial charge in [0, 0.05) is 12.5 Å². The van der Waals surface area contributed by atoms with Gasteiger partial charge in [0.1, 0.15) is 12.3 Å². The average molecular weight is 432 g/mol. The normalized spacial score (nSPS) is 36.2. The number of alkyl halides is 1. The Bertz CT molecular complexity index is 891. The summed E-state index contributed by atoms with van der Waals surface area (Å²) in [6.07, 6.45) is 0.277. The van der Waals surface area contributed by atoms with E-state index in [4.69, 9.17) is 18.2 Å². The van der Waals surface area contributed by atoms with Gasteiger partial charge in [-0.3, -0.25) is 4.55 Å². The third-order valence-electron chi connectivity index (χ3n) is 7.23. The lowest BCUT2D eigenvalue weighted by atomic mass is 9.55. The molecule has 0 radical (unpaired) electrons. The number of halogens is 2. The SMILES string of the molecule is COCOc1cc2c(cc1F)[C@H]1CC[C@@]3(C)[C@@H](C[C@@H](F)[C@@H]3OS(=O)(=O)O)[C@@H]1CC2. The molecule has 6 nitrogen and oxygen atoms in total. The predicted molar refractivity (Wildman–Crippen MR) is 100 cm³/mol. The summed E-state index contributed by atoms with van der Waals surface area (Å²) in [7, 11) is -3.27. The lowest BCUT2D eigenvalue weighted by Gasteiger charge is -2.50. The van der Waals surface area contributed by atoms with Crippen LogP contribution in [0.4, 0.5) is 8.78 Å². The summed E-state index contributed by atoms with van der Waals surface area (Å²) in [5.41, 5.74) is 1.27. The summed E-state index contributed by atoms with van der Waals surface area (Å²) in [5, 5.41) is 0. The molecule has 0 unspecified atom stereocenters. The summed E-state index contributed by atoms with van der Waals surface area (Å²) in [6, 6.07) is 3.25. The first-order valence-corrected chi connectivity index (χ1v) is 11.2. The highest BCUT2D eigenvalue weighted by atomic mass is 32.3. The number of fused-ring (bicyclic) bond motifs is 5. The van der Waals surface area contributed by atoms with Crippen LogP contribution in [0.3, 0.4) is 0 Å². The van der Waals surface area contributed by atoms with Crippen LogP contribution in [0.25, 0.3) is 0 Å². The molecule has 0 aliphatic heterocycles. The highest BCUT2D eigenvalue weighted by molar-refractivity contribution is 7.80. The topological polar surface area (TPSA) is 82.1 Å². The van der Waals surface area contributed by atoms with Gasteiger partial charge in [-0.05, 0) is 73.1 Å². The first kappa shape index (κ1) is 21.0. The number of methoxy groups -OCH3 is 1. The number of rotatable bonds is 5. The number of benzene rings is 1. The van der Waals surface area contributed by atoms with Crippen molar-refractivity contribution in [2.45, 2.75) is 57.2 Å². The molecule has 1 N–H and O–H groups in total. The van der Waals surface area contributed by atoms with E-state index < -0.39 is 33.9 Å². The molecule has 6 atom stereocenters. The van der Waals surface area contributed by atoms with Gasteiger partial charge < -0.3 is 9.47 Å². The number of hydrogen-bond acceptors (Lipinski definition) is 5. The molecule has 162 valence electrons. The molecular weight excluding hydrogens is 406 g/mol. The maximum absolute atomic E-state index is 14.8. The fourth-order valence-electron chi connectivity index (χ4n) is 6.03. The Balaban J connectivity index is 1.62. The molecule has 29 heavy (non-hydrogen) atoms. The van der Waals surface area contributed by atoms with Crippen molar-refractivity contribution in [2.75, 3.05) is 13.9 Å². The molecule has 0 spiro atoms. The van der Waals surface area contributed by atoms with Gasteiger partial charge >= 0.3 is 10.4 Å². The number of ether oxygens (including phenoxy) is 2. The molecular formula is C20H26F2O6S. The van der Waals surface area contributed by atoms with Gasteiger partial charge in [0.25, 0.3) is 0 Å². The highest BCUT2D eigenvalue weighted by Gasteiger charge is 2.60. The molecule has 2 saturated carbocycles. The van der Waals surface area contributed by atoms with Crippen LogP contribution >= 0.6 is 0 Å². The average Bonchev–Trinajstić information content (AvgIpc) is 2.89. The van der Waals surface area contributed by atoms with Gasteiger partial charge in [-0.1, -0.05) is 6.92 Å². The summed E-state index contributed by atoms with van der Waals surface area (Å²) in [5.74, 6) is -0.184. The highest BCUT2D eigenvalue weighted by Crippen LogP contribution is 2.62. The Hall–Kier alpha value is -1.29. The van der Waals surface area contributed by atoms with Crippen molar-refractivity contribution >= 4 is 10.4 Å². The van der Waals surface area contributed by atoms with Crippen LogP contribution in [0.2, 0.25) is 0 Å². The Morgan fingerprint density at radius 1 is 1.31 bits per heavy atom. The number of hydrogen-bond donors (Lipinski definition) is 1. The van der Waals surface area contributed by atoms with Crippen LogP contribution in [0.5, 0.6) is 5.75 Å². The second kappa shape index (κ2) is 7.44. The maximum Gasteiger partial charge on any atom is 0.397 e. The van der Waals surface area contributed by atoms with Crippen LogP contribution < -0.4 is 4.74 Å². The minimum Gasteiger partial charge on any atom is -0.464 e. The Morgan fingerprint density at radius 2 is 2.07 bits per heavy atom. The molecule has 9 heteroatoms. The predicted octanol–water partition coefficient (Wildman–Crippen LogP) is 3.80. The lowest BCUT2D eigenvalue weighted by Crippen LogP contribution is -2.46. The third kappa shape index (κ3) is 3.66. The van der Waals surface area contributed by atoms with Gasteiger partial charge in [-0.25, -0.2) is 13.0 Å². The van der Waals surface area contributed by atoms with Crippen LogP contribution in [-0.4, -0.2) is 39.1 Å². The summed E-state index contributed by atoms with van der Waals surface area (Å²) in [4.78, 5) is 0. The Labute approximate surface area is 169 Å². The fourth-order valence-corrected chi connectivity index (χ4v) is 6.63. The van der Waals surface area contributed by atoms with Crippen molar-refractivity contribution < 1.29 is 35.4 Å². The zero-order valence-corrected chi connectivity index (χ0v) is 17.3. The molecule has 0 amide bonds. The smallest absolute Gasteiger partial charge is 0.397 e. The van der Waals surface area contributed by atoms with E-state index in [-0.39, 0.29) is 36.7 Å². The van der Waals surface area contributed by atoms with E-state index >= 15 is 0 Å². The van der Waals surface area contributed by atoms with E-state index in [0.29, 0.717) is 19.3 Å². The number of aryl methyl sites for hydroxylation is 1. The van der Waals surface area contributed by atoms with Crippen LogP contribution in [0.1, 0.15) is 49.7 Å². The standard InChI is InChI=1S/C20H26F2O6S/c1-20-6-5-12-13(15(20)9-17(22)19(20)28-29(23,24)25)4-3-11-7-18(27-10-26-2)16(21)8-14(11)12/h7-8,12-13,15,17,19H,3-6,9-10H2,1-2H3,(H,23,24,25)/t12-,13+,15-,17+,19-,20-/m0/s1. The summed E-state index contributed by atoms with van der Waals surface area (Å²) >= 11 is 0. The molecule has 2 fully saturated rings. The van der Waals surface area contributed by atoms with E-state index in [1.807, 2.05) is 6.92 Å². The lowest BCUT2D eigenvalue weighted by molar-refractivity contribution is -0.0242. The van der Waals surface area contributed by atoms with Gasteiger partial charge in [0.2, 0.25) is 0 Å². The first-order valence-electron chi connectivity index (χ1n) is 9.88. The van der Waals surface area contributed by atoms with Gasteiger partial charge in [-0.15, -0.1) is 0 Å². The molecule has 0 saturated heterocycles. The van der Waals surface area contributed by atoms with E-state index in [1.54, 1.807) is 6.07 Å². The van der Waals surface area contributed by atoms with Crippen LogP contribution in [-0.2, 0) is 25.7 Å². The van der Waals surface area contributed by atoms with Crippen molar-refractivity contribution in [2.24, 2.45) is 17.3 Å². The fraction of sp³-hybridized carbons (Fsp3) is 0.700. The zero-order chi connectivity index (χ0) is 21.0. The van der Waals surface area contributed by atoms with Crippen LogP contribution in [0, 0.1) is 23.1 Å². The molecule has 3 aliphatic carbocycles. The van der Waals surface area contributed by atoms with Crippen LogP contribution in [0.15, 0.2) is 12.1 Å². The summed E-state index contributed by atoms with van der Waals surface area (Å²) in [6.45, 7) is 1.82. The first-order chi connectivity index (χ1) is 13.6. The largest absolute Gasteiger partial charge is 0.464 e. The molecule has 1 aromatic carbocycles. The molecule has 4 rings (SSSR count). The third-order valence-corrected chi connectivity index (χ3v) is 7.68. The van der Waals surface area contributed by atoms with Crippen molar-refractivity contribution in [3.05, 3.63) is 29.1 Å². The van der Waals surface area contributed by atoms with E-state index in [1.165, 1.54) is 13.2 Å². The van der Waals surface area contributed by atoms with Crippen molar-refractivity contribution in [1.29, 1.82) is 0 Å². The second-order valence-electron chi connectivity index (χ2n) is 8.69. The van der Waals surface area contributed by atoms with Crippen molar-refractivity contribution in [3.8, 4) is 5.75 Å².